The van der Waals surface area contributed by atoms with Gasteiger partial charge in [0.25, 0.3) is 0 Å². The summed E-state index contributed by atoms with van der Waals surface area (Å²) in [5.74, 6) is 0.300. The molecule has 0 bridgehead atoms. The molecule has 3 aromatic heterocycles. The van der Waals surface area contributed by atoms with E-state index in [0.29, 0.717) is 11.5 Å². The Bertz CT molecular complexity index is 1840. The largest absolute Gasteiger partial charge is 0.358 e. The number of aromatic amines is 2. The Balaban J connectivity index is 1.25. The number of H-pyrrole nitrogens is 2. The maximum Gasteiger partial charge on any atom is 0.131 e. The molecule has 1 aliphatic rings. The summed E-state index contributed by atoms with van der Waals surface area (Å²) in [6, 6.07) is 23.2. The van der Waals surface area contributed by atoms with Crippen molar-refractivity contribution in [3.8, 4) is 33.6 Å². The summed E-state index contributed by atoms with van der Waals surface area (Å²) >= 11 is 0. The summed E-state index contributed by atoms with van der Waals surface area (Å²) in [5, 5.41) is 13.3. The number of nitrogens with zero attached hydrogens (tertiary/aromatic N) is 2. The SMILES string of the molecule is C=C(Nc1cncc(-c2ccc3[nH]nc(-c4cc5c(-c6ccccc6F)cccc5[nH]4)c3c2)c1)C1CCCC1. The summed E-state index contributed by atoms with van der Waals surface area (Å²) in [7, 11) is 0. The fraction of sp³-hybridized carbons (Fsp3) is 0.152. The molecule has 192 valence electrons. The lowest BCUT2D eigenvalue weighted by Gasteiger charge is -2.16. The van der Waals surface area contributed by atoms with E-state index in [0.717, 1.165) is 61.3 Å². The number of nitrogens with one attached hydrogen (secondary N) is 3. The lowest BCUT2D eigenvalue weighted by atomic mass is 10.0. The van der Waals surface area contributed by atoms with E-state index in [2.05, 4.69) is 56.3 Å². The molecule has 39 heavy (non-hydrogen) atoms. The minimum Gasteiger partial charge on any atom is -0.358 e. The van der Waals surface area contributed by atoms with Gasteiger partial charge >= 0.3 is 0 Å². The first-order chi connectivity index (χ1) is 19.1. The van der Waals surface area contributed by atoms with Gasteiger partial charge in [-0.2, -0.15) is 5.10 Å². The van der Waals surface area contributed by atoms with E-state index in [1.165, 1.54) is 31.7 Å². The third-order valence-electron chi connectivity index (χ3n) is 7.87. The normalized spacial score (nSPS) is 13.9. The van der Waals surface area contributed by atoms with Gasteiger partial charge in [-0.25, -0.2) is 4.39 Å². The lowest BCUT2D eigenvalue weighted by Crippen LogP contribution is -2.07. The number of allylic oxidation sites excluding steroid dienone is 1. The van der Waals surface area contributed by atoms with Crippen molar-refractivity contribution in [2.45, 2.75) is 25.7 Å². The number of hydrogen-bond acceptors (Lipinski definition) is 3. The van der Waals surface area contributed by atoms with Crippen molar-refractivity contribution in [1.29, 1.82) is 0 Å². The van der Waals surface area contributed by atoms with Crippen molar-refractivity contribution in [2.75, 3.05) is 5.32 Å². The number of halogens is 1. The maximum atomic E-state index is 14.6. The first-order valence-electron chi connectivity index (χ1n) is 13.4. The summed E-state index contributed by atoms with van der Waals surface area (Å²) < 4.78 is 14.6. The van der Waals surface area contributed by atoms with Crippen molar-refractivity contribution in [3.05, 3.63) is 103 Å². The van der Waals surface area contributed by atoms with Gasteiger partial charge in [-0.1, -0.05) is 55.8 Å². The number of benzene rings is 3. The maximum absolute atomic E-state index is 14.6. The van der Waals surface area contributed by atoms with Crippen LogP contribution in [0.4, 0.5) is 10.1 Å². The summed E-state index contributed by atoms with van der Waals surface area (Å²) in [5.41, 5.74) is 9.10. The monoisotopic (exact) mass is 513 g/mol. The highest BCUT2D eigenvalue weighted by atomic mass is 19.1. The Morgan fingerprint density at radius 3 is 2.56 bits per heavy atom. The highest BCUT2D eigenvalue weighted by Crippen LogP contribution is 2.36. The molecule has 0 unspecified atom stereocenters. The second-order valence-electron chi connectivity index (χ2n) is 10.4. The van der Waals surface area contributed by atoms with Gasteiger partial charge in [0.05, 0.1) is 23.1 Å². The minimum absolute atomic E-state index is 0.236. The van der Waals surface area contributed by atoms with Crippen LogP contribution in [0.5, 0.6) is 0 Å². The van der Waals surface area contributed by atoms with Crippen molar-refractivity contribution >= 4 is 27.5 Å². The molecule has 0 spiro atoms. The third kappa shape index (κ3) is 4.28. The van der Waals surface area contributed by atoms with Crippen molar-refractivity contribution in [3.63, 3.8) is 0 Å². The molecular formula is C33H28FN5. The van der Waals surface area contributed by atoms with E-state index >= 15 is 0 Å². The van der Waals surface area contributed by atoms with Gasteiger partial charge in [0.15, 0.2) is 0 Å². The van der Waals surface area contributed by atoms with Crippen molar-refractivity contribution < 1.29 is 4.39 Å². The van der Waals surface area contributed by atoms with E-state index in [9.17, 15) is 4.39 Å². The molecule has 5 nitrogen and oxygen atoms in total. The molecule has 0 saturated heterocycles. The molecule has 3 aromatic carbocycles. The Morgan fingerprint density at radius 2 is 1.69 bits per heavy atom. The molecule has 6 aromatic rings. The molecule has 3 N–H and O–H groups in total. The zero-order chi connectivity index (χ0) is 26.3. The molecule has 6 heteroatoms. The van der Waals surface area contributed by atoms with Crippen LogP contribution >= 0.6 is 0 Å². The Hall–Kier alpha value is -4.71. The Kier molecular flexibility index (Phi) is 5.73. The third-order valence-corrected chi connectivity index (χ3v) is 7.87. The molecule has 1 saturated carbocycles. The van der Waals surface area contributed by atoms with Gasteiger partial charge in [-0.15, -0.1) is 0 Å². The van der Waals surface area contributed by atoms with Crippen LogP contribution < -0.4 is 5.32 Å². The van der Waals surface area contributed by atoms with Gasteiger partial charge in [0.1, 0.15) is 11.5 Å². The van der Waals surface area contributed by atoms with Crippen LogP contribution in [0.25, 0.3) is 55.4 Å². The van der Waals surface area contributed by atoms with E-state index in [4.69, 9.17) is 0 Å². The van der Waals surface area contributed by atoms with Crippen molar-refractivity contribution in [2.24, 2.45) is 5.92 Å². The zero-order valence-electron chi connectivity index (χ0n) is 21.5. The number of anilines is 1. The highest BCUT2D eigenvalue weighted by molar-refractivity contribution is 6.02. The zero-order valence-corrected chi connectivity index (χ0v) is 21.5. The quantitative estimate of drug-likeness (QED) is 0.209. The average Bonchev–Trinajstić information content (AvgIpc) is 3.73. The van der Waals surface area contributed by atoms with Crippen LogP contribution in [0, 0.1) is 11.7 Å². The van der Waals surface area contributed by atoms with E-state index < -0.39 is 0 Å². The van der Waals surface area contributed by atoms with E-state index in [-0.39, 0.29) is 5.82 Å². The van der Waals surface area contributed by atoms with Gasteiger partial charge in [0.2, 0.25) is 0 Å². The predicted molar refractivity (Wildman–Crippen MR) is 157 cm³/mol. The van der Waals surface area contributed by atoms with Gasteiger partial charge in [0, 0.05) is 39.3 Å². The van der Waals surface area contributed by atoms with Crippen LogP contribution in [0.1, 0.15) is 25.7 Å². The standard InChI is InChI=1S/C33H28FN5/c1-20(21-7-2-3-8-21)36-24-15-23(18-35-19-24)22-13-14-31-28(16-22)33(39-38-31)32-17-27-25(10-6-12-30(27)37-32)26-9-4-5-11-29(26)34/h4-6,9-19,21,36-37H,1-3,7-8H2,(H,38,39). The minimum atomic E-state index is -0.236. The van der Waals surface area contributed by atoms with E-state index in [1.807, 2.05) is 48.8 Å². The first-order valence-corrected chi connectivity index (χ1v) is 13.4. The van der Waals surface area contributed by atoms with Crippen molar-refractivity contribution in [1.82, 2.24) is 20.2 Å². The highest BCUT2D eigenvalue weighted by Gasteiger charge is 2.19. The molecule has 1 fully saturated rings. The topological polar surface area (TPSA) is 69.4 Å². The molecule has 0 radical (unpaired) electrons. The molecular weight excluding hydrogens is 485 g/mol. The first kappa shape index (κ1) is 23.4. The summed E-state index contributed by atoms with van der Waals surface area (Å²) in [6.07, 6.45) is 8.69. The fourth-order valence-corrected chi connectivity index (χ4v) is 5.82. The van der Waals surface area contributed by atoms with Crippen LogP contribution in [-0.2, 0) is 0 Å². The van der Waals surface area contributed by atoms with Gasteiger partial charge in [-0.3, -0.25) is 10.1 Å². The molecule has 7 rings (SSSR count). The smallest absolute Gasteiger partial charge is 0.131 e. The number of fused-ring (bicyclic) bond motifs is 2. The molecule has 3 heterocycles. The van der Waals surface area contributed by atoms with Crippen LogP contribution in [0.3, 0.4) is 0 Å². The molecule has 0 aliphatic heterocycles. The summed E-state index contributed by atoms with van der Waals surface area (Å²) in [4.78, 5) is 8.00. The van der Waals surface area contributed by atoms with Crippen LogP contribution in [0.15, 0.2) is 97.5 Å². The lowest BCUT2D eigenvalue weighted by molar-refractivity contribution is 0.631. The predicted octanol–water partition coefficient (Wildman–Crippen LogP) is 8.70. The summed E-state index contributed by atoms with van der Waals surface area (Å²) in [6.45, 7) is 4.29. The number of rotatable bonds is 6. The average molecular weight is 514 g/mol. The number of pyridine rings is 1. The van der Waals surface area contributed by atoms with Crippen LogP contribution in [0.2, 0.25) is 0 Å². The number of aromatic nitrogens is 4. The fourth-order valence-electron chi connectivity index (χ4n) is 5.82. The number of hydrogen-bond donors (Lipinski definition) is 3. The van der Waals surface area contributed by atoms with Gasteiger partial charge in [-0.05, 0) is 66.3 Å². The Labute approximate surface area is 225 Å². The second kappa shape index (κ2) is 9.55. The Morgan fingerprint density at radius 1 is 0.846 bits per heavy atom. The van der Waals surface area contributed by atoms with Crippen LogP contribution in [-0.4, -0.2) is 20.2 Å². The molecule has 0 atom stereocenters. The van der Waals surface area contributed by atoms with Gasteiger partial charge < -0.3 is 10.3 Å². The second-order valence-corrected chi connectivity index (χ2v) is 10.4. The van der Waals surface area contributed by atoms with E-state index in [1.54, 1.807) is 6.07 Å². The molecule has 0 amide bonds. The molecule has 1 aliphatic carbocycles.